The predicted molar refractivity (Wildman–Crippen MR) is 66.3 cm³/mol. The van der Waals surface area contributed by atoms with Crippen molar-refractivity contribution in [2.24, 2.45) is 0 Å². The maximum atomic E-state index is 11.9. The summed E-state index contributed by atoms with van der Waals surface area (Å²) in [5, 5.41) is 0. The minimum absolute atomic E-state index is 0.0406. The number of hydrogen-bond donors (Lipinski definition) is 1. The number of nitrogens with zero attached hydrogens (tertiary/aromatic N) is 1. The molecule has 0 saturated carbocycles. The first-order chi connectivity index (χ1) is 8.24. The second-order valence-electron chi connectivity index (χ2n) is 4.70. The molecule has 1 aliphatic heterocycles. The molecule has 1 fully saturated rings. The zero-order valence-electron chi connectivity index (χ0n) is 9.90. The maximum absolute atomic E-state index is 11.9. The van der Waals surface area contributed by atoms with E-state index in [0.29, 0.717) is 6.54 Å². The molecule has 0 radical (unpaired) electrons. The third-order valence-corrected chi connectivity index (χ3v) is 3.34. The van der Waals surface area contributed by atoms with Gasteiger partial charge in [-0.2, -0.15) is 0 Å². The van der Waals surface area contributed by atoms with Crippen LogP contribution >= 0.6 is 0 Å². The highest BCUT2D eigenvalue weighted by atomic mass is 16.5. The lowest BCUT2D eigenvalue weighted by Crippen LogP contribution is -2.24. The molecule has 17 heavy (non-hydrogen) atoms. The van der Waals surface area contributed by atoms with Gasteiger partial charge in [0, 0.05) is 6.61 Å². The molecule has 0 spiro atoms. The molecule has 1 aromatic carbocycles. The van der Waals surface area contributed by atoms with Crippen molar-refractivity contribution in [1.29, 1.82) is 0 Å². The molecule has 3 rings (SSSR count). The first kappa shape index (κ1) is 10.6. The molecule has 1 aliphatic rings. The van der Waals surface area contributed by atoms with Gasteiger partial charge in [0.1, 0.15) is 0 Å². The number of ether oxygens (including phenoxy) is 1. The Bertz CT molecular complexity index is 591. The van der Waals surface area contributed by atoms with Crippen LogP contribution in [-0.2, 0) is 11.3 Å². The van der Waals surface area contributed by atoms with Crippen molar-refractivity contribution >= 4 is 11.0 Å². The summed E-state index contributed by atoms with van der Waals surface area (Å²) >= 11 is 0. The van der Waals surface area contributed by atoms with E-state index in [9.17, 15) is 4.79 Å². The van der Waals surface area contributed by atoms with Crippen LogP contribution in [0.5, 0.6) is 0 Å². The average Bonchev–Trinajstić information content (AvgIpc) is 2.90. The summed E-state index contributed by atoms with van der Waals surface area (Å²) in [4.78, 5) is 14.8. The largest absolute Gasteiger partial charge is 0.376 e. The second-order valence-corrected chi connectivity index (χ2v) is 4.70. The fourth-order valence-corrected chi connectivity index (χ4v) is 2.44. The van der Waals surface area contributed by atoms with Crippen molar-refractivity contribution in [1.82, 2.24) is 9.55 Å². The van der Waals surface area contributed by atoms with E-state index >= 15 is 0 Å². The summed E-state index contributed by atoms with van der Waals surface area (Å²) in [6.07, 6.45) is 2.33. The number of aromatic amines is 1. The summed E-state index contributed by atoms with van der Waals surface area (Å²) in [5.41, 5.74) is 3.00. The molecule has 2 heterocycles. The zero-order chi connectivity index (χ0) is 11.8. The van der Waals surface area contributed by atoms with E-state index in [1.165, 1.54) is 0 Å². The molecule has 1 atom stereocenters. The summed E-state index contributed by atoms with van der Waals surface area (Å²) < 4.78 is 7.38. The standard InChI is InChI=1S/C13H16N2O2/c1-9-4-5-11-12(7-9)15(13(16)14-11)8-10-3-2-6-17-10/h4-5,7,10H,2-3,6,8H2,1H3,(H,14,16). The monoisotopic (exact) mass is 232 g/mol. The van der Waals surface area contributed by atoms with E-state index in [1.54, 1.807) is 4.57 Å². The zero-order valence-corrected chi connectivity index (χ0v) is 9.90. The quantitative estimate of drug-likeness (QED) is 0.858. The van der Waals surface area contributed by atoms with Crippen LogP contribution < -0.4 is 5.69 Å². The Hall–Kier alpha value is -1.55. The van der Waals surface area contributed by atoms with E-state index in [1.807, 2.05) is 25.1 Å². The predicted octanol–water partition coefficient (Wildman–Crippen LogP) is 1.82. The molecule has 1 unspecified atom stereocenters. The Morgan fingerprint density at radius 3 is 3.18 bits per heavy atom. The van der Waals surface area contributed by atoms with E-state index < -0.39 is 0 Å². The van der Waals surface area contributed by atoms with Gasteiger partial charge in [-0.25, -0.2) is 4.79 Å². The van der Waals surface area contributed by atoms with Gasteiger partial charge in [-0.15, -0.1) is 0 Å². The molecule has 4 nitrogen and oxygen atoms in total. The highest BCUT2D eigenvalue weighted by molar-refractivity contribution is 5.75. The summed E-state index contributed by atoms with van der Waals surface area (Å²) in [7, 11) is 0. The number of benzene rings is 1. The molecule has 0 aliphatic carbocycles. The minimum atomic E-state index is -0.0406. The Labute approximate surface area is 99.2 Å². The third kappa shape index (κ3) is 1.89. The van der Waals surface area contributed by atoms with Crippen LogP contribution in [0.1, 0.15) is 18.4 Å². The first-order valence-corrected chi connectivity index (χ1v) is 6.05. The van der Waals surface area contributed by atoms with Crippen LogP contribution in [0.25, 0.3) is 11.0 Å². The second kappa shape index (κ2) is 4.04. The summed E-state index contributed by atoms with van der Waals surface area (Å²) in [6, 6.07) is 6.01. The van der Waals surface area contributed by atoms with Crippen molar-refractivity contribution in [3.05, 3.63) is 34.2 Å². The molecule has 1 aromatic heterocycles. The van der Waals surface area contributed by atoms with Gasteiger partial charge in [0.05, 0.1) is 23.7 Å². The Balaban J connectivity index is 2.04. The van der Waals surface area contributed by atoms with Gasteiger partial charge in [-0.1, -0.05) is 6.07 Å². The minimum Gasteiger partial charge on any atom is -0.376 e. The Morgan fingerprint density at radius 2 is 2.41 bits per heavy atom. The maximum Gasteiger partial charge on any atom is 0.326 e. The molecule has 0 bridgehead atoms. The van der Waals surface area contributed by atoms with Gasteiger partial charge in [-0.3, -0.25) is 4.57 Å². The van der Waals surface area contributed by atoms with Crippen molar-refractivity contribution < 1.29 is 4.74 Å². The van der Waals surface area contributed by atoms with Crippen LogP contribution in [0.4, 0.5) is 0 Å². The van der Waals surface area contributed by atoms with Gasteiger partial charge in [-0.05, 0) is 37.5 Å². The normalized spacial score (nSPS) is 20.2. The van der Waals surface area contributed by atoms with Crippen molar-refractivity contribution in [2.75, 3.05) is 6.61 Å². The van der Waals surface area contributed by atoms with E-state index in [0.717, 1.165) is 36.0 Å². The fourth-order valence-electron chi connectivity index (χ4n) is 2.44. The molecule has 0 amide bonds. The van der Waals surface area contributed by atoms with E-state index in [2.05, 4.69) is 4.98 Å². The van der Waals surface area contributed by atoms with Gasteiger partial charge in [0.25, 0.3) is 0 Å². The molecule has 1 saturated heterocycles. The Morgan fingerprint density at radius 1 is 1.53 bits per heavy atom. The molecule has 4 heteroatoms. The lowest BCUT2D eigenvalue weighted by molar-refractivity contribution is 0.0972. The van der Waals surface area contributed by atoms with Gasteiger partial charge >= 0.3 is 5.69 Å². The van der Waals surface area contributed by atoms with Crippen molar-refractivity contribution in [3.8, 4) is 0 Å². The van der Waals surface area contributed by atoms with Gasteiger partial charge < -0.3 is 9.72 Å². The lowest BCUT2D eigenvalue weighted by Gasteiger charge is -2.10. The first-order valence-electron chi connectivity index (χ1n) is 6.05. The van der Waals surface area contributed by atoms with Gasteiger partial charge in [0.2, 0.25) is 0 Å². The Kier molecular flexibility index (Phi) is 2.52. The number of nitrogens with one attached hydrogen (secondary N) is 1. The van der Waals surface area contributed by atoms with Crippen LogP contribution in [0, 0.1) is 6.92 Å². The number of fused-ring (bicyclic) bond motifs is 1. The SMILES string of the molecule is Cc1ccc2[nH]c(=O)n(CC3CCCO3)c2c1. The highest BCUT2D eigenvalue weighted by Crippen LogP contribution is 2.17. The molecule has 2 aromatic rings. The molecular formula is C13H16N2O2. The average molecular weight is 232 g/mol. The number of imidazole rings is 1. The topological polar surface area (TPSA) is 47.0 Å². The third-order valence-electron chi connectivity index (χ3n) is 3.34. The number of hydrogen-bond acceptors (Lipinski definition) is 2. The van der Waals surface area contributed by atoms with Gasteiger partial charge in [0.15, 0.2) is 0 Å². The number of rotatable bonds is 2. The molecule has 90 valence electrons. The summed E-state index contributed by atoms with van der Waals surface area (Å²) in [5.74, 6) is 0. The van der Waals surface area contributed by atoms with Crippen molar-refractivity contribution in [2.45, 2.75) is 32.4 Å². The van der Waals surface area contributed by atoms with E-state index in [-0.39, 0.29) is 11.8 Å². The smallest absolute Gasteiger partial charge is 0.326 e. The van der Waals surface area contributed by atoms with E-state index in [4.69, 9.17) is 4.74 Å². The van der Waals surface area contributed by atoms with Crippen LogP contribution in [0.15, 0.2) is 23.0 Å². The van der Waals surface area contributed by atoms with Crippen LogP contribution in [-0.4, -0.2) is 22.3 Å². The number of aromatic nitrogens is 2. The highest BCUT2D eigenvalue weighted by Gasteiger charge is 2.18. The van der Waals surface area contributed by atoms with Crippen LogP contribution in [0.3, 0.4) is 0 Å². The number of H-pyrrole nitrogens is 1. The van der Waals surface area contributed by atoms with Crippen LogP contribution in [0.2, 0.25) is 0 Å². The fraction of sp³-hybridized carbons (Fsp3) is 0.462. The van der Waals surface area contributed by atoms with Crippen molar-refractivity contribution in [3.63, 3.8) is 0 Å². The number of aryl methyl sites for hydroxylation is 1. The molecule has 1 N–H and O–H groups in total. The summed E-state index contributed by atoms with van der Waals surface area (Å²) in [6.45, 7) is 3.51. The molecular weight excluding hydrogens is 216 g/mol. The lowest BCUT2D eigenvalue weighted by atomic mass is 10.2.